The van der Waals surface area contributed by atoms with Crippen LogP contribution >= 0.6 is 0 Å². The highest BCUT2D eigenvalue weighted by atomic mass is 32.2. The number of nitrogens with zero attached hydrogens (tertiary/aromatic N) is 7. The molecule has 23 heteroatoms. The van der Waals surface area contributed by atoms with E-state index in [4.69, 9.17) is 5.73 Å². The number of fused-ring (bicyclic) bond motifs is 1. The van der Waals surface area contributed by atoms with Crippen molar-refractivity contribution in [3.8, 4) is 11.4 Å². The highest BCUT2D eigenvalue weighted by molar-refractivity contribution is 7.91. The van der Waals surface area contributed by atoms with E-state index in [1.165, 1.54) is 0 Å². The van der Waals surface area contributed by atoms with Crippen molar-refractivity contribution in [1.82, 2.24) is 39.2 Å². The molecule has 0 aliphatic heterocycles. The fourth-order valence-corrected chi connectivity index (χ4v) is 4.42. The first kappa shape index (κ1) is 33.2. The van der Waals surface area contributed by atoms with Gasteiger partial charge < -0.3 is 15.5 Å². The maximum atomic E-state index is 13.3. The molecule has 244 valence electrons. The maximum Gasteiger partial charge on any atom is 0.418 e. The summed E-state index contributed by atoms with van der Waals surface area (Å²) in [5.41, 5.74) is -0.710. The molecule has 5 rings (SSSR count). The molecule has 0 saturated carbocycles. The van der Waals surface area contributed by atoms with Gasteiger partial charge in [-0.05, 0) is 24.3 Å². The van der Waals surface area contributed by atoms with Crippen molar-refractivity contribution in [2.45, 2.75) is 12.4 Å². The third kappa shape index (κ3) is 6.98. The molecule has 3 aromatic heterocycles. The lowest BCUT2D eigenvalue weighted by Crippen LogP contribution is -2.43. The predicted octanol–water partition coefficient (Wildman–Crippen LogP) is 1.45. The summed E-state index contributed by atoms with van der Waals surface area (Å²) in [6, 6.07) is 3.12. The van der Waals surface area contributed by atoms with Gasteiger partial charge in [-0.15, -0.1) is 20.4 Å². The Morgan fingerprint density at radius 2 is 1.35 bits per heavy atom. The van der Waals surface area contributed by atoms with Crippen molar-refractivity contribution >= 4 is 32.6 Å². The van der Waals surface area contributed by atoms with Gasteiger partial charge in [-0.25, -0.2) is 22.8 Å². The lowest BCUT2D eigenvalue weighted by Gasteiger charge is -2.15. The van der Waals surface area contributed by atoms with Crippen molar-refractivity contribution < 1.29 is 44.3 Å². The molecule has 0 aliphatic carbocycles. The number of esters is 1. The molecule has 0 unspecified atom stereocenters. The number of rotatable bonds is 5. The highest BCUT2D eigenvalue weighted by Crippen LogP contribution is 2.37. The van der Waals surface area contributed by atoms with Gasteiger partial charge in [0.05, 0.1) is 52.3 Å². The molecule has 5 aromatic rings. The lowest BCUT2D eigenvalue weighted by atomic mass is 10.1. The number of nitrogen functional groups attached to an aromatic ring is 1. The van der Waals surface area contributed by atoms with E-state index in [0.717, 1.165) is 53.7 Å². The second-order valence-corrected chi connectivity index (χ2v) is 10.8. The van der Waals surface area contributed by atoms with Gasteiger partial charge in [-0.3, -0.25) is 13.9 Å². The molecule has 0 spiro atoms. The molecule has 46 heavy (non-hydrogen) atoms. The summed E-state index contributed by atoms with van der Waals surface area (Å²) < 4.78 is 108. The quantitative estimate of drug-likeness (QED) is 0.138. The van der Waals surface area contributed by atoms with Crippen LogP contribution in [0.5, 0.6) is 0 Å². The second-order valence-electron chi connectivity index (χ2n) is 9.03. The molecular weight excluding hydrogens is 658 g/mol. The molecule has 0 fully saturated rings. The first-order valence-corrected chi connectivity index (χ1v) is 13.9. The minimum atomic E-state index is -4.80. The summed E-state index contributed by atoms with van der Waals surface area (Å²) in [5, 5.41) is 13.4. The van der Waals surface area contributed by atoms with Crippen molar-refractivity contribution in [2.24, 2.45) is 0 Å². The largest absolute Gasteiger partial charge is 0.465 e. The zero-order chi connectivity index (χ0) is 34.2. The van der Waals surface area contributed by atoms with E-state index in [1.807, 2.05) is 4.98 Å². The number of benzene rings is 2. The zero-order valence-electron chi connectivity index (χ0n) is 23.0. The number of halogens is 6. The van der Waals surface area contributed by atoms with Crippen LogP contribution in [-0.2, 0) is 27.1 Å². The number of alkyl halides is 6. The van der Waals surface area contributed by atoms with Crippen molar-refractivity contribution in [3.63, 3.8) is 0 Å². The maximum absolute atomic E-state index is 13.3. The number of carbonyl (C=O) groups excluding carboxylic acids is 1. The average molecular weight is 677 g/mol. The molecule has 0 bridgehead atoms. The van der Waals surface area contributed by atoms with Gasteiger partial charge in [0.25, 0.3) is 5.56 Å². The monoisotopic (exact) mass is 676 g/mol. The predicted molar refractivity (Wildman–Crippen MR) is 145 cm³/mol. The third-order valence-electron chi connectivity index (χ3n) is 5.85. The van der Waals surface area contributed by atoms with Crippen molar-refractivity contribution in [3.05, 3.63) is 87.1 Å². The third-order valence-corrected chi connectivity index (χ3v) is 6.36. The number of hydrogen-bond acceptors (Lipinski definition) is 11. The van der Waals surface area contributed by atoms with Crippen LogP contribution in [0.3, 0.4) is 0 Å². The van der Waals surface area contributed by atoms with Gasteiger partial charge in [0, 0.05) is 5.69 Å². The van der Waals surface area contributed by atoms with Gasteiger partial charge in [0.1, 0.15) is 25.3 Å². The van der Waals surface area contributed by atoms with Crippen LogP contribution in [0.4, 0.5) is 32.0 Å². The Hall–Kier alpha value is -5.74. The fourth-order valence-electron chi connectivity index (χ4n) is 3.92. The number of sulfonamides is 1. The summed E-state index contributed by atoms with van der Waals surface area (Å²) in [6.07, 6.45) is -4.57. The number of nitrogens with two attached hydrogens (primary N) is 1. The Morgan fingerprint density at radius 3 is 1.80 bits per heavy atom. The number of ether oxygens (including phenoxy) is 1. The molecular formula is C23H18F6N10O6S. The first-order chi connectivity index (χ1) is 21.3. The number of H-pyrrole nitrogens is 1. The van der Waals surface area contributed by atoms with Crippen LogP contribution in [-0.4, -0.2) is 66.9 Å². The summed E-state index contributed by atoms with van der Waals surface area (Å²) in [7, 11) is -2.88. The summed E-state index contributed by atoms with van der Waals surface area (Å²) in [4.78, 5) is 39.5. The van der Waals surface area contributed by atoms with Crippen molar-refractivity contribution in [1.29, 1.82) is 0 Å². The van der Waals surface area contributed by atoms with Crippen LogP contribution in [0.2, 0.25) is 0 Å². The van der Waals surface area contributed by atoms with Gasteiger partial charge >= 0.3 is 24.0 Å². The second kappa shape index (κ2) is 12.0. The van der Waals surface area contributed by atoms with Gasteiger partial charge in [-0.1, -0.05) is 0 Å². The smallest absolute Gasteiger partial charge is 0.418 e. The molecule has 4 N–H and O–H groups in total. The molecule has 0 atom stereocenters. The average Bonchev–Trinajstić information content (AvgIpc) is 3.68. The zero-order valence-corrected chi connectivity index (χ0v) is 23.8. The molecule has 3 heterocycles. The Morgan fingerprint density at radius 1 is 0.870 bits per heavy atom. The lowest BCUT2D eigenvalue weighted by molar-refractivity contribution is -0.138. The van der Waals surface area contributed by atoms with E-state index >= 15 is 0 Å². The normalized spacial score (nSPS) is 12.0. The number of carbonyl (C=O) groups is 1. The molecule has 0 aliphatic rings. The van der Waals surface area contributed by atoms with E-state index < -0.39 is 61.9 Å². The number of nitrogens with one attached hydrogen (secondary N) is 2. The Kier molecular flexibility index (Phi) is 8.64. The minimum absolute atomic E-state index is 0.154. The highest BCUT2D eigenvalue weighted by Gasteiger charge is 2.36. The minimum Gasteiger partial charge on any atom is -0.465 e. The number of methoxy groups -OCH3 is 1. The van der Waals surface area contributed by atoms with E-state index in [-0.39, 0.29) is 27.0 Å². The van der Waals surface area contributed by atoms with Gasteiger partial charge in [0.2, 0.25) is 10.0 Å². The van der Waals surface area contributed by atoms with E-state index in [0.29, 0.717) is 18.4 Å². The molecule has 0 saturated heterocycles. The Balaban J connectivity index is 0.000000216. The summed E-state index contributed by atoms with van der Waals surface area (Å²) >= 11 is 0. The van der Waals surface area contributed by atoms with Crippen LogP contribution in [0.15, 0.2) is 59.2 Å². The van der Waals surface area contributed by atoms with Crippen LogP contribution in [0, 0.1) is 0 Å². The van der Waals surface area contributed by atoms with E-state index in [9.17, 15) is 49.1 Å². The first-order valence-electron chi connectivity index (χ1n) is 12.0. The summed E-state index contributed by atoms with van der Waals surface area (Å²) in [5.74, 6) is -0.828. The molecule has 0 amide bonds. The topological polar surface area (TPSA) is 215 Å². The number of hydrogen-bond donors (Lipinski definition) is 3. The van der Waals surface area contributed by atoms with Crippen LogP contribution in [0.25, 0.3) is 22.3 Å². The van der Waals surface area contributed by atoms with Crippen molar-refractivity contribution in [2.75, 3.05) is 23.9 Å². The fraction of sp³-hybridized carbons (Fsp3) is 0.174. The van der Waals surface area contributed by atoms with Crippen LogP contribution < -0.4 is 21.8 Å². The Labute approximate surface area is 251 Å². The van der Waals surface area contributed by atoms with Gasteiger partial charge in [0.15, 0.2) is 0 Å². The van der Waals surface area contributed by atoms with Crippen LogP contribution in [0.1, 0.15) is 21.5 Å². The SMILES string of the molecule is COC(=O)c1cc(-n2cnnc2)c(C(F)(F)F)cc1N.CS(=O)(=O)Nn1c(=O)[nH]c2cc(C(F)(F)F)c(-n3cnnc3)cc2c1=O. The standard InChI is InChI=1S/C12H9F3N6O4S.C11H9F3N4O2/c1-26(24,25)19-21-10(22)6-2-9(20-4-16-17-5-20)7(12(13,14)15)3-8(6)18-11(21)23;1-20-10(19)6-2-9(18-4-16-17-5-18)7(3-8(6)15)11(12,13)14/h2-5,19H,1H3,(H,18,23);2-5H,15H2,1H3. The van der Waals surface area contributed by atoms with E-state index in [1.54, 1.807) is 4.83 Å². The number of aromatic amines is 1. The molecule has 16 nitrogen and oxygen atoms in total. The van der Waals surface area contributed by atoms with E-state index in [2.05, 4.69) is 25.1 Å². The molecule has 2 aromatic carbocycles. The number of anilines is 1. The van der Waals surface area contributed by atoms with Gasteiger partial charge in [-0.2, -0.15) is 31.0 Å². The Bertz CT molecular complexity index is 2140. The molecule has 0 radical (unpaired) electrons. The summed E-state index contributed by atoms with van der Waals surface area (Å²) in [6.45, 7) is 0. The number of aromatic nitrogens is 8.